The summed E-state index contributed by atoms with van der Waals surface area (Å²) in [6.45, 7) is 4.54. The number of carboxylic acid groups (broad SMARTS) is 1. The highest BCUT2D eigenvalue weighted by Crippen LogP contribution is 2.27. The van der Waals surface area contributed by atoms with Gasteiger partial charge in [-0.25, -0.2) is 0 Å². The Balaban J connectivity index is 2.07. The minimum absolute atomic E-state index is 0.00508. The summed E-state index contributed by atoms with van der Waals surface area (Å²) >= 11 is 0. The summed E-state index contributed by atoms with van der Waals surface area (Å²) in [4.78, 5) is 25.3. The molecule has 1 saturated heterocycles. The predicted octanol–water partition coefficient (Wildman–Crippen LogP) is 1.98. The Morgan fingerprint density at radius 2 is 1.90 bits per heavy atom. The second-order valence-corrected chi connectivity index (χ2v) is 5.66. The number of aliphatic carboxylic acids is 1. The van der Waals surface area contributed by atoms with Gasteiger partial charge >= 0.3 is 5.97 Å². The monoisotopic (exact) mass is 291 g/mol. The number of nitrogens with zero attached hydrogens (tertiary/aromatic N) is 1. The van der Waals surface area contributed by atoms with Gasteiger partial charge in [0, 0.05) is 13.1 Å². The first kappa shape index (κ1) is 15.4. The molecule has 1 N–H and O–H groups in total. The molecule has 0 bridgehead atoms. The second kappa shape index (κ2) is 6.16. The summed E-state index contributed by atoms with van der Waals surface area (Å²) in [7, 11) is 1.60. The van der Waals surface area contributed by atoms with Crippen molar-refractivity contribution in [2.75, 3.05) is 20.2 Å². The number of benzene rings is 1. The first-order valence-electron chi connectivity index (χ1n) is 7.09. The smallest absolute Gasteiger partial charge is 0.308 e. The number of carbonyl (C=O) groups is 2. The van der Waals surface area contributed by atoms with Crippen molar-refractivity contribution in [3.63, 3.8) is 0 Å². The molecule has 1 aliphatic heterocycles. The van der Waals surface area contributed by atoms with E-state index in [9.17, 15) is 9.59 Å². The molecule has 5 heteroatoms. The van der Waals surface area contributed by atoms with E-state index in [0.29, 0.717) is 13.1 Å². The van der Waals surface area contributed by atoms with Gasteiger partial charge in [0.05, 0.1) is 18.9 Å². The number of hydrogen-bond donors (Lipinski definition) is 1. The zero-order valence-electron chi connectivity index (χ0n) is 12.6. The summed E-state index contributed by atoms with van der Waals surface area (Å²) in [5.41, 5.74) is 0.909. The van der Waals surface area contributed by atoms with Crippen molar-refractivity contribution in [2.24, 2.45) is 11.8 Å². The summed E-state index contributed by atoms with van der Waals surface area (Å²) < 4.78 is 5.10. The normalized spacial score (nSPS) is 22.9. The molecular formula is C16H21NO4. The fraction of sp³-hybridized carbons (Fsp3) is 0.500. The molecule has 0 aliphatic carbocycles. The van der Waals surface area contributed by atoms with Crippen LogP contribution in [0.3, 0.4) is 0 Å². The minimum atomic E-state index is -0.824. The highest BCUT2D eigenvalue weighted by atomic mass is 16.5. The molecule has 1 unspecified atom stereocenters. The van der Waals surface area contributed by atoms with Gasteiger partial charge in [-0.15, -0.1) is 0 Å². The molecular weight excluding hydrogens is 270 g/mol. The number of likely N-dealkylation sites (tertiary alicyclic amines) is 1. The Bertz CT molecular complexity index is 526. The molecule has 1 fully saturated rings. The van der Waals surface area contributed by atoms with Crippen LogP contribution in [0.25, 0.3) is 0 Å². The van der Waals surface area contributed by atoms with Crippen molar-refractivity contribution in [1.82, 2.24) is 4.90 Å². The van der Waals surface area contributed by atoms with Gasteiger partial charge in [-0.3, -0.25) is 9.59 Å². The number of amides is 1. The van der Waals surface area contributed by atoms with E-state index < -0.39 is 11.9 Å². The van der Waals surface area contributed by atoms with Crippen LogP contribution in [0.5, 0.6) is 5.75 Å². The van der Waals surface area contributed by atoms with Crippen molar-refractivity contribution in [3.8, 4) is 5.75 Å². The first-order chi connectivity index (χ1) is 9.93. The molecule has 1 heterocycles. The third-order valence-corrected chi connectivity index (χ3v) is 4.23. The van der Waals surface area contributed by atoms with E-state index >= 15 is 0 Å². The highest BCUT2D eigenvalue weighted by molar-refractivity contribution is 5.84. The number of rotatable bonds is 4. The van der Waals surface area contributed by atoms with E-state index in [4.69, 9.17) is 9.84 Å². The molecule has 1 amide bonds. The van der Waals surface area contributed by atoms with Gasteiger partial charge in [0.1, 0.15) is 5.75 Å². The van der Waals surface area contributed by atoms with Crippen LogP contribution in [-0.2, 0) is 9.59 Å². The molecule has 0 aromatic heterocycles. The van der Waals surface area contributed by atoms with E-state index in [1.54, 1.807) is 12.0 Å². The predicted molar refractivity (Wildman–Crippen MR) is 78.3 cm³/mol. The van der Waals surface area contributed by atoms with Crippen molar-refractivity contribution >= 4 is 11.9 Å². The van der Waals surface area contributed by atoms with Crippen LogP contribution in [0.4, 0.5) is 0 Å². The van der Waals surface area contributed by atoms with E-state index in [0.717, 1.165) is 11.3 Å². The average molecular weight is 291 g/mol. The molecule has 1 aromatic rings. The maximum Gasteiger partial charge on any atom is 0.308 e. The minimum Gasteiger partial charge on any atom is -0.497 e. The number of methoxy groups -OCH3 is 1. The standard InChI is InChI=1S/C16H21NO4/c1-10-8-17(9-14(10)16(19)20)15(18)11(2)12-4-6-13(21-3)7-5-12/h4-7,10-11,14H,8-9H2,1-3H3,(H,19,20)/t10-,11?,14-/m1/s1. The Labute approximate surface area is 124 Å². The number of carboxylic acids is 1. The summed E-state index contributed by atoms with van der Waals surface area (Å²) in [5.74, 6) is -0.841. The van der Waals surface area contributed by atoms with E-state index in [1.165, 1.54) is 0 Å². The Morgan fingerprint density at radius 1 is 1.29 bits per heavy atom. The van der Waals surface area contributed by atoms with E-state index in [1.807, 2.05) is 38.1 Å². The summed E-state index contributed by atoms with van der Waals surface area (Å²) in [5, 5.41) is 9.14. The highest BCUT2D eigenvalue weighted by Gasteiger charge is 2.38. The summed E-state index contributed by atoms with van der Waals surface area (Å²) in [6.07, 6.45) is 0. The van der Waals surface area contributed by atoms with Crippen LogP contribution in [0.15, 0.2) is 24.3 Å². The third-order valence-electron chi connectivity index (χ3n) is 4.23. The zero-order chi connectivity index (χ0) is 15.6. The van der Waals surface area contributed by atoms with Crippen molar-refractivity contribution in [1.29, 1.82) is 0 Å². The van der Waals surface area contributed by atoms with Gasteiger partial charge in [0.15, 0.2) is 0 Å². The van der Waals surface area contributed by atoms with E-state index in [2.05, 4.69) is 0 Å². The Kier molecular flexibility index (Phi) is 4.50. The van der Waals surface area contributed by atoms with Gasteiger partial charge in [-0.1, -0.05) is 19.1 Å². The molecule has 114 valence electrons. The third kappa shape index (κ3) is 3.17. The quantitative estimate of drug-likeness (QED) is 0.921. The fourth-order valence-electron chi connectivity index (χ4n) is 2.78. The topological polar surface area (TPSA) is 66.8 Å². The number of hydrogen-bond acceptors (Lipinski definition) is 3. The molecule has 0 saturated carbocycles. The molecule has 3 atom stereocenters. The van der Waals surface area contributed by atoms with Gasteiger partial charge in [-0.05, 0) is 30.5 Å². The Hall–Kier alpha value is -2.04. The van der Waals surface area contributed by atoms with Crippen LogP contribution >= 0.6 is 0 Å². The average Bonchev–Trinajstić information content (AvgIpc) is 2.88. The molecule has 1 aliphatic rings. The lowest BCUT2D eigenvalue weighted by Crippen LogP contribution is -2.33. The van der Waals surface area contributed by atoms with Crippen molar-refractivity contribution < 1.29 is 19.4 Å². The lowest BCUT2D eigenvalue weighted by Gasteiger charge is -2.21. The van der Waals surface area contributed by atoms with Gasteiger partial charge in [-0.2, -0.15) is 0 Å². The van der Waals surface area contributed by atoms with Gasteiger partial charge < -0.3 is 14.7 Å². The molecule has 2 rings (SSSR count). The van der Waals surface area contributed by atoms with Crippen LogP contribution in [-0.4, -0.2) is 42.1 Å². The van der Waals surface area contributed by atoms with Crippen LogP contribution in [0, 0.1) is 11.8 Å². The molecule has 5 nitrogen and oxygen atoms in total. The zero-order valence-corrected chi connectivity index (χ0v) is 12.6. The summed E-state index contributed by atoms with van der Waals surface area (Å²) in [6, 6.07) is 7.39. The van der Waals surface area contributed by atoms with Crippen molar-refractivity contribution in [3.05, 3.63) is 29.8 Å². The lowest BCUT2D eigenvalue weighted by molar-refractivity contribution is -0.142. The van der Waals surface area contributed by atoms with Gasteiger partial charge in [0.2, 0.25) is 5.91 Å². The molecule has 21 heavy (non-hydrogen) atoms. The SMILES string of the molecule is COc1ccc(C(C)C(=O)N2C[C@@H](C)[C@H](C(=O)O)C2)cc1. The number of ether oxygens (including phenoxy) is 1. The fourth-order valence-corrected chi connectivity index (χ4v) is 2.78. The number of carbonyl (C=O) groups excluding carboxylic acids is 1. The molecule has 0 spiro atoms. The maximum atomic E-state index is 12.5. The first-order valence-corrected chi connectivity index (χ1v) is 7.09. The van der Waals surface area contributed by atoms with Crippen LogP contribution < -0.4 is 4.74 Å². The molecule has 1 aromatic carbocycles. The van der Waals surface area contributed by atoms with Crippen LogP contribution in [0.1, 0.15) is 25.3 Å². The second-order valence-electron chi connectivity index (χ2n) is 5.66. The lowest BCUT2D eigenvalue weighted by atomic mass is 9.99. The maximum absolute atomic E-state index is 12.5. The van der Waals surface area contributed by atoms with Crippen LogP contribution in [0.2, 0.25) is 0 Å². The van der Waals surface area contributed by atoms with E-state index in [-0.39, 0.29) is 17.7 Å². The van der Waals surface area contributed by atoms with Crippen molar-refractivity contribution in [2.45, 2.75) is 19.8 Å². The molecule has 0 radical (unpaired) electrons. The largest absolute Gasteiger partial charge is 0.497 e. The van der Waals surface area contributed by atoms with Gasteiger partial charge in [0.25, 0.3) is 0 Å². The Morgan fingerprint density at radius 3 is 2.38 bits per heavy atom.